The Morgan fingerprint density at radius 2 is 1.60 bits per heavy atom. The number of amides is 5. The Balaban J connectivity index is 1.17. The second kappa shape index (κ2) is 15.0. The summed E-state index contributed by atoms with van der Waals surface area (Å²) in [5, 5.41) is 10.1. The molecule has 2 saturated heterocycles. The minimum atomic E-state index is -0.560. The van der Waals surface area contributed by atoms with E-state index in [9.17, 15) is 24.0 Å². The molecule has 242 valence electrons. The van der Waals surface area contributed by atoms with Crippen LogP contribution >= 0.6 is 0 Å². The molecule has 2 aromatic rings. The molecule has 1 saturated carbocycles. The lowest BCUT2D eigenvalue weighted by atomic mass is 9.93. The van der Waals surface area contributed by atoms with E-state index in [0.29, 0.717) is 51.3 Å². The van der Waals surface area contributed by atoms with Gasteiger partial charge in [-0.1, -0.05) is 31.5 Å². The molecule has 3 fully saturated rings. The molecule has 1 atom stereocenters. The van der Waals surface area contributed by atoms with Gasteiger partial charge in [-0.05, 0) is 50.7 Å². The molecule has 0 unspecified atom stereocenters. The molecule has 0 spiro atoms. The number of unbranched alkanes of at least 4 members (excludes halogenated alkanes) is 1. The Labute approximate surface area is 263 Å². The Bertz CT molecular complexity index is 1370. The highest BCUT2D eigenvalue weighted by molar-refractivity contribution is 5.95. The minimum absolute atomic E-state index is 0.0272. The molecule has 1 aliphatic carbocycles. The van der Waals surface area contributed by atoms with E-state index in [2.05, 4.69) is 15.7 Å². The van der Waals surface area contributed by atoms with E-state index in [1.807, 2.05) is 25.1 Å². The van der Waals surface area contributed by atoms with Crippen molar-refractivity contribution in [1.29, 1.82) is 0 Å². The van der Waals surface area contributed by atoms with Gasteiger partial charge in [0.2, 0.25) is 23.6 Å². The predicted octanol–water partition coefficient (Wildman–Crippen LogP) is 1.50. The average molecular weight is 622 g/mol. The van der Waals surface area contributed by atoms with Crippen LogP contribution in [0.4, 0.5) is 0 Å². The van der Waals surface area contributed by atoms with Crippen LogP contribution in [0, 0.1) is 0 Å². The molecule has 0 radical (unpaired) electrons. The summed E-state index contributed by atoms with van der Waals surface area (Å²) in [4.78, 5) is 69.1. The Hall–Kier alpha value is -4.42. The number of rotatable bonds is 12. The van der Waals surface area contributed by atoms with Crippen LogP contribution in [0.25, 0.3) is 5.69 Å². The van der Waals surface area contributed by atoms with Crippen LogP contribution in [-0.2, 0) is 19.2 Å². The van der Waals surface area contributed by atoms with Gasteiger partial charge in [-0.2, -0.15) is 5.10 Å². The van der Waals surface area contributed by atoms with Crippen LogP contribution < -0.4 is 15.4 Å². The molecule has 3 aliphatic rings. The third-order valence-electron chi connectivity index (χ3n) is 8.71. The number of carbonyl (C=O) groups excluding carboxylic acids is 5. The smallest absolute Gasteiger partial charge is 0.272 e. The summed E-state index contributed by atoms with van der Waals surface area (Å²) in [7, 11) is 0. The second-order valence-electron chi connectivity index (χ2n) is 11.8. The van der Waals surface area contributed by atoms with Crippen LogP contribution in [0.3, 0.4) is 0 Å². The number of piperazine rings is 1. The number of nitrogens with zero attached hydrogens (tertiary/aromatic N) is 5. The molecule has 45 heavy (non-hydrogen) atoms. The van der Waals surface area contributed by atoms with Crippen molar-refractivity contribution in [3.63, 3.8) is 0 Å². The average Bonchev–Trinajstić information content (AvgIpc) is 3.72. The number of hydrogen-bond donors (Lipinski definition) is 2. The monoisotopic (exact) mass is 621 g/mol. The standard InChI is InChI=1S/C32H43N7O6/c1-2-3-14-27(40)36-16-18-37(19-17-36)28(41)21-33-31(43)25-20-30(39(35-25)24-11-5-4-6-12-24)45-22-29(42)38-15-8-13-26(38)32(44)34-23-9-7-10-23/h4-6,11-12,20,23,26H,2-3,7-10,13-19,21-22H2,1H3,(H,33,43)(H,34,44)/t26-/m0/s1. The minimum Gasteiger partial charge on any atom is -0.467 e. The molecule has 13 heteroatoms. The van der Waals surface area contributed by atoms with Crippen molar-refractivity contribution in [3.05, 3.63) is 42.1 Å². The first kappa shape index (κ1) is 32.0. The maximum absolute atomic E-state index is 13.2. The third-order valence-corrected chi connectivity index (χ3v) is 8.71. The highest BCUT2D eigenvalue weighted by Crippen LogP contribution is 2.23. The summed E-state index contributed by atoms with van der Waals surface area (Å²) in [6.45, 7) is 3.78. The van der Waals surface area contributed by atoms with Crippen LogP contribution in [0.15, 0.2) is 36.4 Å². The first-order valence-electron chi connectivity index (χ1n) is 16.1. The molecule has 1 aromatic carbocycles. The van der Waals surface area contributed by atoms with Gasteiger partial charge in [-0.15, -0.1) is 0 Å². The zero-order valence-electron chi connectivity index (χ0n) is 25.9. The molecule has 13 nitrogen and oxygen atoms in total. The van der Waals surface area contributed by atoms with Gasteiger partial charge in [0.25, 0.3) is 11.8 Å². The Kier molecular flexibility index (Phi) is 10.7. The van der Waals surface area contributed by atoms with Gasteiger partial charge in [-0.25, -0.2) is 4.68 Å². The molecule has 2 aliphatic heterocycles. The molecule has 3 heterocycles. The summed E-state index contributed by atoms with van der Waals surface area (Å²) >= 11 is 0. The summed E-state index contributed by atoms with van der Waals surface area (Å²) in [5.74, 6) is -0.934. The van der Waals surface area contributed by atoms with Gasteiger partial charge in [0.05, 0.1) is 12.2 Å². The Morgan fingerprint density at radius 1 is 0.889 bits per heavy atom. The summed E-state index contributed by atoms with van der Waals surface area (Å²) in [6.07, 6.45) is 6.74. The highest BCUT2D eigenvalue weighted by Gasteiger charge is 2.36. The molecule has 2 N–H and O–H groups in total. The van der Waals surface area contributed by atoms with Crippen molar-refractivity contribution < 1.29 is 28.7 Å². The van der Waals surface area contributed by atoms with Gasteiger partial charge >= 0.3 is 0 Å². The summed E-state index contributed by atoms with van der Waals surface area (Å²) in [5.41, 5.74) is 0.653. The van der Waals surface area contributed by atoms with Gasteiger partial charge in [0.15, 0.2) is 12.3 Å². The zero-order chi connectivity index (χ0) is 31.8. The highest BCUT2D eigenvalue weighted by atomic mass is 16.5. The topological polar surface area (TPSA) is 146 Å². The predicted molar refractivity (Wildman–Crippen MR) is 165 cm³/mol. The maximum atomic E-state index is 13.2. The van der Waals surface area contributed by atoms with E-state index in [-0.39, 0.29) is 54.4 Å². The lowest BCUT2D eigenvalue weighted by Crippen LogP contribution is -2.52. The van der Waals surface area contributed by atoms with E-state index >= 15 is 0 Å². The van der Waals surface area contributed by atoms with Crippen molar-refractivity contribution in [2.24, 2.45) is 0 Å². The molecule has 5 rings (SSSR count). The van der Waals surface area contributed by atoms with Crippen molar-refractivity contribution >= 4 is 29.5 Å². The number of para-hydroxylation sites is 1. The van der Waals surface area contributed by atoms with Crippen LogP contribution in [0.5, 0.6) is 5.88 Å². The molecule has 1 aromatic heterocycles. The first-order chi connectivity index (χ1) is 21.8. The first-order valence-corrected chi connectivity index (χ1v) is 16.1. The normalized spacial score (nSPS) is 18.3. The number of aromatic nitrogens is 2. The van der Waals surface area contributed by atoms with Gasteiger partial charge in [0.1, 0.15) is 6.04 Å². The van der Waals surface area contributed by atoms with Gasteiger partial charge < -0.3 is 30.1 Å². The second-order valence-corrected chi connectivity index (χ2v) is 11.8. The van der Waals surface area contributed by atoms with Crippen molar-refractivity contribution in [2.75, 3.05) is 45.9 Å². The lowest BCUT2D eigenvalue weighted by molar-refractivity contribution is -0.140. The molecule has 5 amide bonds. The van der Waals surface area contributed by atoms with Crippen molar-refractivity contribution in [3.8, 4) is 11.6 Å². The maximum Gasteiger partial charge on any atom is 0.272 e. The third kappa shape index (κ3) is 8.00. The molecular formula is C32H43N7O6. The zero-order valence-corrected chi connectivity index (χ0v) is 25.9. The van der Waals surface area contributed by atoms with Gasteiger partial charge in [-0.3, -0.25) is 24.0 Å². The molecule has 0 bridgehead atoms. The Morgan fingerprint density at radius 3 is 2.27 bits per heavy atom. The summed E-state index contributed by atoms with van der Waals surface area (Å²) < 4.78 is 7.34. The van der Waals surface area contributed by atoms with E-state index < -0.39 is 11.9 Å². The number of hydrogen-bond acceptors (Lipinski definition) is 7. The summed E-state index contributed by atoms with van der Waals surface area (Å²) in [6, 6.07) is 10.2. The number of nitrogens with one attached hydrogen (secondary N) is 2. The lowest BCUT2D eigenvalue weighted by Gasteiger charge is -2.34. The van der Waals surface area contributed by atoms with Gasteiger partial charge in [0, 0.05) is 51.3 Å². The quantitative estimate of drug-likeness (QED) is 0.365. The fourth-order valence-electron chi connectivity index (χ4n) is 5.79. The van der Waals surface area contributed by atoms with E-state index in [4.69, 9.17) is 4.74 Å². The SMILES string of the molecule is CCCCC(=O)N1CCN(C(=O)CNC(=O)c2cc(OCC(=O)N3CCC[C@H]3C(=O)NC3CCC3)n(-c3ccccc3)n2)CC1. The van der Waals surface area contributed by atoms with E-state index in [0.717, 1.165) is 38.5 Å². The van der Waals surface area contributed by atoms with Crippen molar-refractivity contribution in [2.45, 2.75) is 70.4 Å². The van der Waals surface area contributed by atoms with E-state index in [1.165, 1.54) is 10.7 Å². The fourth-order valence-corrected chi connectivity index (χ4v) is 5.79. The van der Waals surface area contributed by atoms with Crippen molar-refractivity contribution in [1.82, 2.24) is 35.1 Å². The largest absolute Gasteiger partial charge is 0.467 e. The number of ether oxygens (including phenoxy) is 1. The van der Waals surface area contributed by atoms with Crippen LogP contribution in [-0.4, -0.2) is 112 Å². The number of likely N-dealkylation sites (tertiary alicyclic amines) is 1. The fraction of sp³-hybridized carbons (Fsp3) is 0.562. The number of carbonyl (C=O) groups is 5. The number of benzene rings is 1. The van der Waals surface area contributed by atoms with Crippen LogP contribution in [0.2, 0.25) is 0 Å². The van der Waals surface area contributed by atoms with Crippen LogP contribution in [0.1, 0.15) is 68.8 Å². The molecular weight excluding hydrogens is 578 g/mol. The van der Waals surface area contributed by atoms with E-state index in [1.54, 1.807) is 26.8 Å².